The van der Waals surface area contributed by atoms with Crippen molar-refractivity contribution in [1.82, 2.24) is 0 Å². The van der Waals surface area contributed by atoms with Gasteiger partial charge in [0.1, 0.15) is 11.6 Å². The van der Waals surface area contributed by atoms with Crippen molar-refractivity contribution in [3.05, 3.63) is 70.8 Å². The van der Waals surface area contributed by atoms with E-state index in [2.05, 4.69) is 0 Å². The molecular formula is C16H17F2N. The number of benzene rings is 2. The first-order valence-electron chi connectivity index (χ1n) is 6.18. The van der Waals surface area contributed by atoms with Crippen LogP contribution in [0.15, 0.2) is 42.5 Å². The van der Waals surface area contributed by atoms with Crippen LogP contribution in [0.2, 0.25) is 0 Å². The lowest BCUT2D eigenvalue weighted by Crippen LogP contribution is -2.35. The maximum absolute atomic E-state index is 13.3. The second-order valence-electron chi connectivity index (χ2n) is 5.18. The molecule has 2 N–H and O–H groups in total. The Kier molecular flexibility index (Phi) is 3.67. The van der Waals surface area contributed by atoms with E-state index >= 15 is 0 Å². The van der Waals surface area contributed by atoms with Gasteiger partial charge in [-0.1, -0.05) is 18.2 Å². The van der Waals surface area contributed by atoms with Crippen LogP contribution in [0, 0.1) is 18.6 Å². The lowest BCUT2D eigenvalue weighted by molar-refractivity contribution is 0.484. The van der Waals surface area contributed by atoms with Gasteiger partial charge in [-0.2, -0.15) is 0 Å². The third-order valence-corrected chi connectivity index (χ3v) is 3.35. The van der Waals surface area contributed by atoms with E-state index in [0.29, 0.717) is 6.42 Å². The van der Waals surface area contributed by atoms with Gasteiger partial charge in [0.2, 0.25) is 0 Å². The van der Waals surface area contributed by atoms with Crippen molar-refractivity contribution in [3.63, 3.8) is 0 Å². The van der Waals surface area contributed by atoms with Gasteiger partial charge in [-0.3, -0.25) is 0 Å². The summed E-state index contributed by atoms with van der Waals surface area (Å²) in [6.07, 6.45) is 0.530. The monoisotopic (exact) mass is 261 g/mol. The van der Waals surface area contributed by atoms with Gasteiger partial charge in [0.25, 0.3) is 0 Å². The Hall–Kier alpha value is -1.74. The van der Waals surface area contributed by atoms with Crippen molar-refractivity contribution in [1.29, 1.82) is 0 Å². The minimum atomic E-state index is -0.690. The summed E-state index contributed by atoms with van der Waals surface area (Å²) in [5.74, 6) is -0.560. The number of hydrogen-bond acceptors (Lipinski definition) is 1. The molecule has 1 unspecified atom stereocenters. The minimum Gasteiger partial charge on any atom is -0.321 e. The Morgan fingerprint density at radius 3 is 2.37 bits per heavy atom. The lowest BCUT2D eigenvalue weighted by atomic mass is 9.85. The summed E-state index contributed by atoms with van der Waals surface area (Å²) in [5, 5.41) is 0. The van der Waals surface area contributed by atoms with Crippen molar-refractivity contribution in [2.75, 3.05) is 0 Å². The average molecular weight is 261 g/mol. The van der Waals surface area contributed by atoms with Gasteiger partial charge < -0.3 is 5.73 Å². The van der Waals surface area contributed by atoms with Crippen LogP contribution >= 0.6 is 0 Å². The largest absolute Gasteiger partial charge is 0.321 e. The molecule has 1 atom stereocenters. The number of halogens is 2. The third-order valence-electron chi connectivity index (χ3n) is 3.35. The predicted octanol–water partition coefficient (Wildman–Crippen LogP) is 3.69. The average Bonchev–Trinajstić information content (AvgIpc) is 2.33. The zero-order chi connectivity index (χ0) is 14.0. The zero-order valence-electron chi connectivity index (χ0n) is 11.1. The normalized spacial score (nSPS) is 14.2. The van der Waals surface area contributed by atoms with Gasteiger partial charge >= 0.3 is 0 Å². The van der Waals surface area contributed by atoms with Gasteiger partial charge in [0.05, 0.1) is 0 Å². The molecule has 0 aromatic heterocycles. The van der Waals surface area contributed by atoms with Crippen LogP contribution in [0.3, 0.4) is 0 Å². The van der Waals surface area contributed by atoms with Crippen molar-refractivity contribution in [3.8, 4) is 0 Å². The van der Waals surface area contributed by atoms with E-state index in [1.165, 1.54) is 24.3 Å². The quantitative estimate of drug-likeness (QED) is 0.896. The molecule has 0 amide bonds. The highest BCUT2D eigenvalue weighted by Crippen LogP contribution is 2.25. The number of aryl methyl sites for hydroxylation is 1. The summed E-state index contributed by atoms with van der Waals surface area (Å²) in [6, 6.07) is 10.9. The van der Waals surface area contributed by atoms with Crippen molar-refractivity contribution < 1.29 is 8.78 Å². The summed E-state index contributed by atoms with van der Waals surface area (Å²) in [4.78, 5) is 0. The van der Waals surface area contributed by atoms with E-state index in [4.69, 9.17) is 5.73 Å². The molecule has 100 valence electrons. The first-order valence-corrected chi connectivity index (χ1v) is 6.18. The van der Waals surface area contributed by atoms with Gasteiger partial charge in [0.15, 0.2) is 0 Å². The SMILES string of the molecule is Cc1cc(F)ccc1CC(C)(N)c1cccc(F)c1. The molecule has 2 aromatic carbocycles. The summed E-state index contributed by atoms with van der Waals surface area (Å²) in [5.41, 5.74) is 8.15. The molecule has 0 heterocycles. The summed E-state index contributed by atoms with van der Waals surface area (Å²) >= 11 is 0. The zero-order valence-corrected chi connectivity index (χ0v) is 11.1. The lowest BCUT2D eigenvalue weighted by Gasteiger charge is -2.26. The van der Waals surface area contributed by atoms with Gasteiger partial charge in [-0.25, -0.2) is 8.78 Å². The molecule has 2 aromatic rings. The molecule has 0 saturated carbocycles. The standard InChI is InChI=1S/C16H17F2N/c1-11-8-15(18)7-6-12(11)10-16(2,19)13-4-3-5-14(17)9-13/h3-9H,10,19H2,1-2H3. The summed E-state index contributed by atoms with van der Waals surface area (Å²) in [7, 11) is 0. The summed E-state index contributed by atoms with van der Waals surface area (Å²) < 4.78 is 26.3. The van der Waals surface area contributed by atoms with Crippen LogP contribution in [0.4, 0.5) is 8.78 Å². The second kappa shape index (κ2) is 5.10. The van der Waals surface area contributed by atoms with Crippen molar-refractivity contribution in [2.24, 2.45) is 5.73 Å². The van der Waals surface area contributed by atoms with E-state index in [9.17, 15) is 8.78 Å². The fraction of sp³-hybridized carbons (Fsp3) is 0.250. The van der Waals surface area contributed by atoms with E-state index < -0.39 is 5.54 Å². The van der Waals surface area contributed by atoms with Gasteiger partial charge in [-0.05, 0) is 61.2 Å². The van der Waals surface area contributed by atoms with Gasteiger partial charge in [0, 0.05) is 5.54 Å². The summed E-state index contributed by atoms with van der Waals surface area (Å²) in [6.45, 7) is 3.70. The van der Waals surface area contributed by atoms with E-state index in [0.717, 1.165) is 16.7 Å². The highest BCUT2D eigenvalue weighted by Gasteiger charge is 2.23. The van der Waals surface area contributed by atoms with E-state index in [1.807, 2.05) is 19.9 Å². The molecule has 3 heteroatoms. The number of nitrogens with two attached hydrogens (primary N) is 1. The van der Waals surface area contributed by atoms with Crippen molar-refractivity contribution >= 4 is 0 Å². The first-order chi connectivity index (χ1) is 8.88. The molecule has 0 fully saturated rings. The Morgan fingerprint density at radius 2 is 1.74 bits per heavy atom. The third kappa shape index (κ3) is 3.18. The fourth-order valence-electron chi connectivity index (χ4n) is 2.20. The molecule has 0 bridgehead atoms. The maximum Gasteiger partial charge on any atom is 0.123 e. The molecule has 19 heavy (non-hydrogen) atoms. The topological polar surface area (TPSA) is 26.0 Å². The molecular weight excluding hydrogens is 244 g/mol. The molecule has 0 saturated heterocycles. The van der Waals surface area contributed by atoms with E-state index in [1.54, 1.807) is 12.1 Å². The van der Waals surface area contributed by atoms with Crippen LogP contribution in [-0.2, 0) is 12.0 Å². The van der Waals surface area contributed by atoms with E-state index in [-0.39, 0.29) is 11.6 Å². The predicted molar refractivity (Wildman–Crippen MR) is 72.8 cm³/mol. The van der Waals surface area contributed by atoms with Crippen molar-refractivity contribution in [2.45, 2.75) is 25.8 Å². The number of hydrogen-bond donors (Lipinski definition) is 1. The molecule has 0 spiro atoms. The fourth-order valence-corrected chi connectivity index (χ4v) is 2.20. The van der Waals surface area contributed by atoms with Crippen LogP contribution in [-0.4, -0.2) is 0 Å². The Balaban J connectivity index is 2.30. The first kappa shape index (κ1) is 13.7. The van der Waals surface area contributed by atoms with Crippen LogP contribution in [0.1, 0.15) is 23.6 Å². The molecule has 0 radical (unpaired) electrons. The van der Waals surface area contributed by atoms with Crippen LogP contribution in [0.25, 0.3) is 0 Å². The second-order valence-corrected chi connectivity index (χ2v) is 5.18. The highest BCUT2D eigenvalue weighted by molar-refractivity contribution is 5.32. The maximum atomic E-state index is 13.3. The number of rotatable bonds is 3. The molecule has 0 aliphatic rings. The minimum absolute atomic E-state index is 0.259. The molecule has 0 aliphatic carbocycles. The molecule has 0 aliphatic heterocycles. The highest BCUT2D eigenvalue weighted by atomic mass is 19.1. The molecule has 1 nitrogen and oxygen atoms in total. The Bertz CT molecular complexity index is 591. The smallest absolute Gasteiger partial charge is 0.123 e. The van der Waals surface area contributed by atoms with Gasteiger partial charge in [-0.15, -0.1) is 0 Å². The Labute approximate surface area is 112 Å². The molecule has 2 rings (SSSR count). The van der Waals surface area contributed by atoms with Crippen LogP contribution < -0.4 is 5.73 Å². The van der Waals surface area contributed by atoms with Crippen LogP contribution in [0.5, 0.6) is 0 Å². The Morgan fingerprint density at radius 1 is 1.05 bits per heavy atom.